The lowest BCUT2D eigenvalue weighted by Crippen LogP contribution is -2.42. The molecule has 170 valence electrons. The molecule has 1 aromatic heterocycles. The van der Waals surface area contributed by atoms with Crippen molar-refractivity contribution in [1.82, 2.24) is 9.29 Å². The van der Waals surface area contributed by atoms with E-state index in [2.05, 4.69) is 24.1 Å². The Morgan fingerprint density at radius 1 is 1.16 bits per heavy atom. The first-order chi connectivity index (χ1) is 15.3. The molecule has 1 N–H and O–H groups in total. The molecule has 0 unspecified atom stereocenters. The van der Waals surface area contributed by atoms with Crippen LogP contribution in [0.1, 0.15) is 37.6 Å². The number of nitrogens with one attached hydrogen (secondary N) is 1. The van der Waals surface area contributed by atoms with Crippen molar-refractivity contribution in [2.75, 3.05) is 25.0 Å². The number of anilines is 1. The van der Waals surface area contributed by atoms with E-state index in [0.717, 1.165) is 22.4 Å². The zero-order chi connectivity index (χ0) is 22.9. The van der Waals surface area contributed by atoms with Crippen molar-refractivity contribution >= 4 is 42.6 Å². The molecule has 1 aliphatic rings. The highest BCUT2D eigenvalue weighted by Gasteiger charge is 2.31. The molecular weight excluding hydrogens is 446 g/mol. The Kier molecular flexibility index (Phi) is 6.50. The number of sulfonamides is 1. The van der Waals surface area contributed by atoms with Gasteiger partial charge in [0.25, 0.3) is 5.91 Å². The minimum absolute atomic E-state index is 0.207. The number of piperidine rings is 1. The molecule has 0 radical (unpaired) electrons. The van der Waals surface area contributed by atoms with Crippen LogP contribution in [0.4, 0.5) is 5.13 Å². The fraction of sp³-hybridized carbons (Fsp3) is 0.391. The summed E-state index contributed by atoms with van der Waals surface area (Å²) in [5.41, 5.74) is 1.15. The lowest BCUT2D eigenvalue weighted by Gasteiger charge is -2.34. The van der Waals surface area contributed by atoms with Crippen molar-refractivity contribution < 1.29 is 17.9 Å². The lowest BCUT2D eigenvalue weighted by atomic mass is 9.94. The number of fused-ring (bicyclic) bond motifs is 1. The zero-order valence-electron chi connectivity index (χ0n) is 18.4. The van der Waals surface area contributed by atoms with Crippen molar-refractivity contribution in [3.8, 4) is 5.75 Å². The fourth-order valence-corrected chi connectivity index (χ4v) is 6.68. The van der Waals surface area contributed by atoms with Gasteiger partial charge in [0.1, 0.15) is 5.75 Å². The molecule has 2 heterocycles. The van der Waals surface area contributed by atoms with E-state index < -0.39 is 10.0 Å². The van der Waals surface area contributed by atoms with Gasteiger partial charge in [-0.1, -0.05) is 25.2 Å². The van der Waals surface area contributed by atoms with E-state index in [1.807, 2.05) is 25.1 Å². The van der Waals surface area contributed by atoms with Gasteiger partial charge in [-0.25, -0.2) is 13.4 Å². The Bertz CT molecular complexity index is 1210. The molecule has 1 aliphatic heterocycles. The van der Waals surface area contributed by atoms with E-state index in [-0.39, 0.29) is 10.8 Å². The van der Waals surface area contributed by atoms with E-state index in [9.17, 15) is 13.2 Å². The zero-order valence-corrected chi connectivity index (χ0v) is 20.0. The fourth-order valence-electron chi connectivity index (χ4n) is 4.11. The number of nitrogens with zero attached hydrogens (tertiary/aromatic N) is 2. The van der Waals surface area contributed by atoms with Crippen LogP contribution in [0, 0.1) is 11.8 Å². The summed E-state index contributed by atoms with van der Waals surface area (Å²) in [6, 6.07) is 11.7. The Labute approximate surface area is 192 Å². The minimum Gasteiger partial charge on any atom is -0.494 e. The smallest absolute Gasteiger partial charge is 0.257 e. The van der Waals surface area contributed by atoms with Crippen LogP contribution in [-0.4, -0.2) is 43.3 Å². The second kappa shape index (κ2) is 9.17. The standard InChI is InChI=1S/C23H27N3O4S2/c1-4-30-18-7-10-20-21(12-18)31-23(24-20)25-22(27)17-5-8-19(9-6-17)32(28,29)26-13-15(2)11-16(3)14-26/h5-10,12,15-16H,4,11,13-14H2,1-3H3,(H,24,25,27)/t15-,16+. The van der Waals surface area contributed by atoms with Gasteiger partial charge < -0.3 is 4.74 Å². The summed E-state index contributed by atoms with van der Waals surface area (Å²) < 4.78 is 34.0. The summed E-state index contributed by atoms with van der Waals surface area (Å²) in [5.74, 6) is 1.09. The highest BCUT2D eigenvalue weighted by molar-refractivity contribution is 7.89. The van der Waals surface area contributed by atoms with Crippen LogP contribution in [0.2, 0.25) is 0 Å². The van der Waals surface area contributed by atoms with E-state index in [1.54, 1.807) is 16.4 Å². The van der Waals surface area contributed by atoms with Gasteiger partial charge in [0.05, 0.1) is 21.7 Å². The number of thiazole rings is 1. The van der Waals surface area contributed by atoms with Gasteiger partial charge in [0.2, 0.25) is 10.0 Å². The van der Waals surface area contributed by atoms with Crippen molar-refractivity contribution in [2.45, 2.75) is 32.1 Å². The number of ether oxygens (including phenoxy) is 1. The van der Waals surface area contributed by atoms with Crippen molar-refractivity contribution in [3.63, 3.8) is 0 Å². The molecule has 0 saturated carbocycles. The predicted octanol–water partition coefficient (Wildman–Crippen LogP) is 4.61. The Morgan fingerprint density at radius 2 is 1.84 bits per heavy atom. The number of aromatic nitrogens is 1. The minimum atomic E-state index is -3.58. The summed E-state index contributed by atoms with van der Waals surface area (Å²) in [6.07, 6.45) is 1.03. The average Bonchev–Trinajstić information content (AvgIpc) is 3.15. The Hall–Kier alpha value is -2.49. The number of amides is 1. The van der Waals surface area contributed by atoms with E-state index in [4.69, 9.17) is 4.74 Å². The quantitative estimate of drug-likeness (QED) is 0.565. The lowest BCUT2D eigenvalue weighted by molar-refractivity contribution is 0.102. The highest BCUT2D eigenvalue weighted by Crippen LogP contribution is 2.30. The largest absolute Gasteiger partial charge is 0.494 e. The van der Waals surface area contributed by atoms with Crippen LogP contribution < -0.4 is 10.1 Å². The number of carbonyl (C=O) groups excluding carboxylic acids is 1. The van der Waals surface area contributed by atoms with Crippen LogP contribution in [0.15, 0.2) is 47.4 Å². The monoisotopic (exact) mass is 473 g/mol. The first-order valence-electron chi connectivity index (χ1n) is 10.7. The van der Waals surface area contributed by atoms with Crippen LogP contribution in [0.25, 0.3) is 10.2 Å². The first-order valence-corrected chi connectivity index (χ1v) is 13.0. The van der Waals surface area contributed by atoms with Crippen LogP contribution in [-0.2, 0) is 10.0 Å². The maximum Gasteiger partial charge on any atom is 0.257 e. The third-order valence-electron chi connectivity index (χ3n) is 5.48. The van der Waals surface area contributed by atoms with Gasteiger partial charge >= 0.3 is 0 Å². The van der Waals surface area contributed by atoms with Crippen LogP contribution >= 0.6 is 11.3 Å². The SMILES string of the molecule is CCOc1ccc2nc(NC(=O)c3ccc(S(=O)(=O)N4C[C@H](C)C[C@H](C)C4)cc3)sc2c1. The van der Waals surface area contributed by atoms with Gasteiger partial charge in [-0.2, -0.15) is 4.31 Å². The van der Waals surface area contributed by atoms with Gasteiger partial charge in [-0.15, -0.1) is 0 Å². The van der Waals surface area contributed by atoms with E-state index in [0.29, 0.717) is 42.2 Å². The average molecular weight is 474 g/mol. The topological polar surface area (TPSA) is 88.6 Å². The second-order valence-corrected chi connectivity index (χ2v) is 11.3. The van der Waals surface area contributed by atoms with Crippen LogP contribution in [0.5, 0.6) is 5.75 Å². The summed E-state index contributed by atoms with van der Waals surface area (Å²) in [4.78, 5) is 17.3. The number of benzene rings is 2. The van der Waals surface area contributed by atoms with Crippen molar-refractivity contribution in [2.24, 2.45) is 11.8 Å². The first kappa shape index (κ1) is 22.7. The van der Waals surface area contributed by atoms with E-state index >= 15 is 0 Å². The second-order valence-electron chi connectivity index (χ2n) is 8.33. The normalized spacial score (nSPS) is 19.7. The maximum absolute atomic E-state index is 13.0. The van der Waals surface area contributed by atoms with E-state index in [1.165, 1.54) is 23.5 Å². The van der Waals surface area contributed by atoms with Crippen molar-refractivity contribution in [1.29, 1.82) is 0 Å². The third-order valence-corrected chi connectivity index (χ3v) is 8.26. The molecule has 4 rings (SSSR count). The maximum atomic E-state index is 13.0. The molecule has 1 amide bonds. The Balaban J connectivity index is 1.48. The number of hydrogen-bond acceptors (Lipinski definition) is 6. The molecule has 0 aliphatic carbocycles. The molecule has 32 heavy (non-hydrogen) atoms. The molecule has 1 fully saturated rings. The van der Waals surface area contributed by atoms with Crippen LogP contribution in [0.3, 0.4) is 0 Å². The molecule has 2 aromatic carbocycles. The molecule has 3 aromatic rings. The summed E-state index contributed by atoms with van der Waals surface area (Å²) in [7, 11) is -3.58. The molecule has 0 spiro atoms. The molecule has 7 nitrogen and oxygen atoms in total. The molecular formula is C23H27N3O4S2. The summed E-state index contributed by atoms with van der Waals surface area (Å²) >= 11 is 1.36. The van der Waals surface area contributed by atoms with Gasteiger partial charge in [-0.3, -0.25) is 10.1 Å². The summed E-state index contributed by atoms with van der Waals surface area (Å²) in [5, 5.41) is 3.28. The molecule has 2 atom stereocenters. The molecule has 1 saturated heterocycles. The Morgan fingerprint density at radius 3 is 2.50 bits per heavy atom. The van der Waals surface area contributed by atoms with Gasteiger partial charge in [-0.05, 0) is 67.6 Å². The number of hydrogen-bond donors (Lipinski definition) is 1. The summed E-state index contributed by atoms with van der Waals surface area (Å²) in [6.45, 7) is 7.70. The predicted molar refractivity (Wildman–Crippen MR) is 127 cm³/mol. The van der Waals surface area contributed by atoms with Gasteiger partial charge in [0, 0.05) is 18.7 Å². The third kappa shape index (κ3) is 4.79. The number of rotatable bonds is 6. The highest BCUT2D eigenvalue weighted by atomic mass is 32.2. The molecule has 9 heteroatoms. The molecule has 0 bridgehead atoms. The van der Waals surface area contributed by atoms with Gasteiger partial charge in [0.15, 0.2) is 5.13 Å². The number of carbonyl (C=O) groups is 1. The van der Waals surface area contributed by atoms with Crippen molar-refractivity contribution in [3.05, 3.63) is 48.0 Å².